The monoisotopic (exact) mass is 194 g/mol. The number of nitrogens with zero attached hydrogens (tertiary/aromatic N) is 2. The van der Waals surface area contributed by atoms with Crippen LogP contribution in [0.15, 0.2) is 0 Å². The van der Waals surface area contributed by atoms with Gasteiger partial charge in [0.25, 0.3) is 0 Å². The van der Waals surface area contributed by atoms with E-state index in [0.717, 1.165) is 18.5 Å². The molecule has 14 heavy (non-hydrogen) atoms. The Morgan fingerprint density at radius 3 is 2.71 bits per heavy atom. The summed E-state index contributed by atoms with van der Waals surface area (Å²) >= 11 is 0. The zero-order chi connectivity index (χ0) is 10.1. The van der Waals surface area contributed by atoms with Crippen molar-refractivity contribution < 1.29 is 5.11 Å². The van der Waals surface area contributed by atoms with Gasteiger partial charge in [-0.25, -0.2) is 0 Å². The number of rotatable bonds is 2. The van der Waals surface area contributed by atoms with Crippen LogP contribution in [-0.2, 0) is 19.4 Å². The van der Waals surface area contributed by atoms with E-state index in [4.69, 9.17) is 0 Å². The van der Waals surface area contributed by atoms with Crippen LogP contribution >= 0.6 is 0 Å². The maximum Gasteiger partial charge on any atom is 0.0852 e. The van der Waals surface area contributed by atoms with E-state index in [9.17, 15) is 5.11 Å². The second-order valence-electron chi connectivity index (χ2n) is 4.28. The highest BCUT2D eigenvalue weighted by Gasteiger charge is 2.20. The summed E-state index contributed by atoms with van der Waals surface area (Å²) in [4.78, 5) is 0. The second kappa shape index (κ2) is 3.73. The standard InChI is InChI=1S/C11H18N2O/c1-8(2)13-11(7-14)9-5-3-4-6-10(9)12-13/h8,14H,3-7H2,1-2H3. The lowest BCUT2D eigenvalue weighted by Crippen LogP contribution is -2.08. The molecule has 0 aromatic carbocycles. The predicted molar refractivity (Wildman–Crippen MR) is 55.2 cm³/mol. The van der Waals surface area contributed by atoms with Crippen molar-refractivity contribution in [2.75, 3.05) is 0 Å². The Labute approximate surface area is 84.7 Å². The minimum atomic E-state index is 0.126. The summed E-state index contributed by atoms with van der Waals surface area (Å²) in [5.74, 6) is 0. The van der Waals surface area contributed by atoms with Crippen LogP contribution in [0.2, 0.25) is 0 Å². The predicted octanol–water partition coefficient (Wildman–Crippen LogP) is 1.84. The molecule has 2 rings (SSSR count). The maximum absolute atomic E-state index is 9.35. The van der Waals surface area contributed by atoms with Crippen LogP contribution in [0.25, 0.3) is 0 Å². The number of aromatic nitrogens is 2. The van der Waals surface area contributed by atoms with Gasteiger partial charge in [-0.05, 0) is 45.1 Å². The topological polar surface area (TPSA) is 38.0 Å². The first-order chi connectivity index (χ1) is 6.74. The highest BCUT2D eigenvalue weighted by Crippen LogP contribution is 2.25. The summed E-state index contributed by atoms with van der Waals surface area (Å²) in [6.45, 7) is 4.34. The van der Waals surface area contributed by atoms with E-state index < -0.39 is 0 Å². The number of hydrogen-bond donors (Lipinski definition) is 1. The Bertz CT molecular complexity index is 328. The van der Waals surface area contributed by atoms with Gasteiger partial charge in [-0.1, -0.05) is 0 Å². The van der Waals surface area contributed by atoms with Crippen molar-refractivity contribution in [3.05, 3.63) is 17.0 Å². The third-order valence-electron chi connectivity index (χ3n) is 2.93. The SMILES string of the molecule is CC(C)n1nc2c(c1CO)CCCC2. The van der Waals surface area contributed by atoms with Crippen LogP contribution in [0.5, 0.6) is 0 Å². The molecule has 1 N–H and O–H groups in total. The van der Waals surface area contributed by atoms with Crippen molar-refractivity contribution >= 4 is 0 Å². The van der Waals surface area contributed by atoms with Gasteiger partial charge in [0.15, 0.2) is 0 Å². The van der Waals surface area contributed by atoms with Gasteiger partial charge >= 0.3 is 0 Å². The molecule has 0 radical (unpaired) electrons. The van der Waals surface area contributed by atoms with Crippen LogP contribution < -0.4 is 0 Å². The Morgan fingerprint density at radius 2 is 2.07 bits per heavy atom. The van der Waals surface area contributed by atoms with Crippen molar-refractivity contribution in [2.24, 2.45) is 0 Å². The number of aliphatic hydroxyl groups excluding tert-OH is 1. The van der Waals surface area contributed by atoms with Gasteiger partial charge in [0.2, 0.25) is 0 Å². The third-order valence-corrected chi connectivity index (χ3v) is 2.93. The molecule has 1 aromatic rings. The lowest BCUT2D eigenvalue weighted by molar-refractivity contribution is 0.263. The molecule has 0 saturated carbocycles. The van der Waals surface area contributed by atoms with Crippen molar-refractivity contribution in [1.82, 2.24) is 9.78 Å². The fraction of sp³-hybridized carbons (Fsp3) is 0.727. The van der Waals surface area contributed by atoms with Crippen molar-refractivity contribution in [2.45, 2.75) is 52.2 Å². The fourth-order valence-corrected chi connectivity index (χ4v) is 2.23. The summed E-state index contributed by atoms with van der Waals surface area (Å²) in [7, 11) is 0. The van der Waals surface area contributed by atoms with E-state index in [1.54, 1.807) is 0 Å². The Balaban J connectivity index is 2.46. The smallest absolute Gasteiger partial charge is 0.0852 e. The number of aliphatic hydroxyl groups is 1. The highest BCUT2D eigenvalue weighted by atomic mass is 16.3. The van der Waals surface area contributed by atoms with Gasteiger partial charge in [0.05, 0.1) is 18.0 Å². The first-order valence-corrected chi connectivity index (χ1v) is 5.44. The molecule has 3 heteroatoms. The molecule has 78 valence electrons. The van der Waals surface area contributed by atoms with Gasteiger partial charge < -0.3 is 5.11 Å². The molecule has 0 aliphatic heterocycles. The quantitative estimate of drug-likeness (QED) is 0.780. The minimum absolute atomic E-state index is 0.126. The van der Waals surface area contributed by atoms with Gasteiger partial charge in [-0.2, -0.15) is 5.10 Å². The first kappa shape index (κ1) is 9.71. The summed E-state index contributed by atoms with van der Waals surface area (Å²) in [6.07, 6.45) is 4.66. The molecule has 1 aliphatic rings. The van der Waals surface area contributed by atoms with Gasteiger partial charge in [0.1, 0.15) is 0 Å². The Morgan fingerprint density at radius 1 is 1.36 bits per heavy atom. The molecule has 0 atom stereocenters. The van der Waals surface area contributed by atoms with Crippen molar-refractivity contribution in [3.8, 4) is 0 Å². The molecule has 0 fully saturated rings. The molecular weight excluding hydrogens is 176 g/mol. The van der Waals surface area contributed by atoms with Crippen molar-refractivity contribution in [3.63, 3.8) is 0 Å². The van der Waals surface area contributed by atoms with Crippen molar-refractivity contribution in [1.29, 1.82) is 0 Å². The molecule has 0 bridgehead atoms. The molecule has 0 unspecified atom stereocenters. The normalized spacial score (nSPS) is 16.0. The average Bonchev–Trinajstić information content (AvgIpc) is 2.56. The zero-order valence-corrected chi connectivity index (χ0v) is 8.95. The van der Waals surface area contributed by atoms with E-state index in [-0.39, 0.29) is 6.61 Å². The highest BCUT2D eigenvalue weighted by molar-refractivity contribution is 5.28. The molecule has 0 saturated heterocycles. The Hall–Kier alpha value is -0.830. The van der Waals surface area contributed by atoms with E-state index in [0.29, 0.717) is 6.04 Å². The second-order valence-corrected chi connectivity index (χ2v) is 4.28. The largest absolute Gasteiger partial charge is 0.390 e. The van der Waals surface area contributed by atoms with Crippen LogP contribution in [0.3, 0.4) is 0 Å². The van der Waals surface area contributed by atoms with E-state index in [2.05, 4.69) is 18.9 Å². The number of hydrogen-bond acceptors (Lipinski definition) is 2. The van der Waals surface area contributed by atoms with Gasteiger partial charge in [-0.3, -0.25) is 4.68 Å². The van der Waals surface area contributed by atoms with Gasteiger partial charge in [0, 0.05) is 6.04 Å². The first-order valence-electron chi connectivity index (χ1n) is 5.44. The molecule has 1 aliphatic carbocycles. The third kappa shape index (κ3) is 1.46. The van der Waals surface area contributed by atoms with Crippen LogP contribution in [-0.4, -0.2) is 14.9 Å². The molecule has 1 aromatic heterocycles. The lowest BCUT2D eigenvalue weighted by atomic mass is 9.96. The molecular formula is C11H18N2O. The lowest BCUT2D eigenvalue weighted by Gasteiger charge is -2.11. The summed E-state index contributed by atoms with van der Waals surface area (Å²) in [6, 6.07) is 0.350. The van der Waals surface area contributed by atoms with Crippen LogP contribution in [0.4, 0.5) is 0 Å². The average molecular weight is 194 g/mol. The van der Waals surface area contributed by atoms with E-state index in [1.165, 1.54) is 24.1 Å². The molecule has 3 nitrogen and oxygen atoms in total. The molecule has 0 amide bonds. The summed E-state index contributed by atoms with van der Waals surface area (Å²) < 4.78 is 1.98. The summed E-state index contributed by atoms with van der Waals surface area (Å²) in [5.41, 5.74) is 3.57. The summed E-state index contributed by atoms with van der Waals surface area (Å²) in [5, 5.41) is 13.9. The van der Waals surface area contributed by atoms with Gasteiger partial charge in [-0.15, -0.1) is 0 Å². The molecule has 1 heterocycles. The minimum Gasteiger partial charge on any atom is -0.390 e. The van der Waals surface area contributed by atoms with Crippen LogP contribution in [0, 0.1) is 0 Å². The maximum atomic E-state index is 9.35. The molecule has 0 spiro atoms. The number of fused-ring (bicyclic) bond motifs is 1. The van der Waals surface area contributed by atoms with E-state index in [1.807, 2.05) is 4.68 Å². The number of aryl methyl sites for hydroxylation is 1. The zero-order valence-electron chi connectivity index (χ0n) is 8.95. The Kier molecular flexibility index (Phi) is 2.59. The van der Waals surface area contributed by atoms with Crippen LogP contribution in [0.1, 0.15) is 49.7 Å². The fourth-order valence-electron chi connectivity index (χ4n) is 2.23. The van der Waals surface area contributed by atoms with E-state index >= 15 is 0 Å².